The van der Waals surface area contributed by atoms with Gasteiger partial charge in [-0.05, 0) is 24.3 Å². The molecule has 0 spiro atoms. The van der Waals surface area contributed by atoms with Crippen LogP contribution in [-0.4, -0.2) is 19.8 Å². The normalized spacial score (nSPS) is 13.0. The molecule has 4 rings (SSSR count). The summed E-state index contributed by atoms with van der Waals surface area (Å²) in [5.74, 6) is -0.229. The molecule has 0 bridgehead atoms. The first-order chi connectivity index (χ1) is 10.7. The molecule has 0 aliphatic carbocycles. The summed E-state index contributed by atoms with van der Waals surface area (Å²) in [7, 11) is 0. The number of carbonyl (C=O) groups excluding carboxylic acids is 1. The molecule has 3 aromatic rings. The number of aromatic hydroxyl groups is 1. The van der Waals surface area contributed by atoms with Gasteiger partial charge in [0.25, 0.3) is 11.8 Å². The van der Waals surface area contributed by atoms with Crippen molar-refractivity contribution in [2.45, 2.75) is 9.79 Å². The van der Waals surface area contributed by atoms with E-state index in [2.05, 4.69) is 14.1 Å². The fraction of sp³-hybridized carbons (Fsp3) is 0. The lowest BCUT2D eigenvalue weighted by atomic mass is 10.1. The Balaban J connectivity index is 1.85. The summed E-state index contributed by atoms with van der Waals surface area (Å²) >= 11 is 2.47. The van der Waals surface area contributed by atoms with Gasteiger partial charge in [0.05, 0.1) is 23.0 Å². The number of carbonyl (C=O) groups is 1. The van der Waals surface area contributed by atoms with E-state index in [0.29, 0.717) is 11.3 Å². The van der Waals surface area contributed by atoms with Crippen LogP contribution in [0.2, 0.25) is 0 Å². The van der Waals surface area contributed by atoms with Crippen molar-refractivity contribution in [2.75, 3.05) is 5.32 Å². The minimum absolute atomic E-state index is 0.0894. The molecule has 108 valence electrons. The van der Waals surface area contributed by atoms with Gasteiger partial charge in [-0.3, -0.25) is 4.79 Å². The predicted molar refractivity (Wildman–Crippen MR) is 85.5 cm³/mol. The van der Waals surface area contributed by atoms with Gasteiger partial charge in [0, 0.05) is 15.4 Å². The van der Waals surface area contributed by atoms with E-state index in [1.165, 1.54) is 11.8 Å². The van der Waals surface area contributed by atoms with E-state index >= 15 is 0 Å². The molecule has 5 nitrogen and oxygen atoms in total. The van der Waals surface area contributed by atoms with E-state index in [1.54, 1.807) is 12.1 Å². The predicted octanol–water partition coefficient (Wildman–Crippen LogP) is 3.63. The summed E-state index contributed by atoms with van der Waals surface area (Å²) in [5, 5.41) is 12.6. The number of amides is 1. The lowest BCUT2D eigenvalue weighted by Crippen LogP contribution is -2.11. The van der Waals surface area contributed by atoms with Gasteiger partial charge in [-0.1, -0.05) is 30.0 Å². The van der Waals surface area contributed by atoms with Crippen molar-refractivity contribution in [1.29, 1.82) is 0 Å². The van der Waals surface area contributed by atoms with Gasteiger partial charge in [0.1, 0.15) is 5.69 Å². The molecule has 2 aromatic carbocycles. The van der Waals surface area contributed by atoms with Crippen LogP contribution in [0, 0.1) is 0 Å². The minimum Gasteiger partial charge on any atom is -0.491 e. The molecule has 1 aliphatic heterocycles. The van der Waals surface area contributed by atoms with Gasteiger partial charge < -0.3 is 10.4 Å². The van der Waals surface area contributed by atoms with E-state index < -0.39 is 0 Å². The van der Waals surface area contributed by atoms with Crippen LogP contribution in [0.1, 0.15) is 10.4 Å². The number of aromatic nitrogens is 2. The topological polar surface area (TPSA) is 75.1 Å². The molecule has 7 heteroatoms. The maximum Gasteiger partial charge on any atom is 0.256 e. The quantitative estimate of drug-likeness (QED) is 0.714. The first kappa shape index (κ1) is 13.3. The lowest BCUT2D eigenvalue weighted by Gasteiger charge is -2.06. The third-order valence-corrected chi connectivity index (χ3v) is 4.98. The molecule has 0 fully saturated rings. The second-order valence-corrected chi connectivity index (χ2v) is 6.31. The standard InChI is InChI=1S/C15H9N3O2S2/c19-14-9-6-5-8(13-15(20)18-22-17-13)7-12(9)21-11-4-2-1-3-10(11)16-14/h1-7H,(H,16,19)(H,18,20). The van der Waals surface area contributed by atoms with Gasteiger partial charge in [-0.2, -0.15) is 4.37 Å². The van der Waals surface area contributed by atoms with Gasteiger partial charge in [-0.15, -0.1) is 4.37 Å². The summed E-state index contributed by atoms with van der Waals surface area (Å²) in [4.78, 5) is 14.1. The highest BCUT2D eigenvalue weighted by Gasteiger charge is 2.21. The molecule has 2 N–H and O–H groups in total. The molecular weight excluding hydrogens is 318 g/mol. The summed E-state index contributed by atoms with van der Waals surface area (Å²) in [5.41, 5.74) is 2.58. The highest BCUT2D eigenvalue weighted by molar-refractivity contribution is 7.99. The Morgan fingerprint density at radius 2 is 1.91 bits per heavy atom. The van der Waals surface area contributed by atoms with E-state index in [1.807, 2.05) is 30.3 Å². The van der Waals surface area contributed by atoms with Gasteiger partial charge in [0.2, 0.25) is 0 Å². The monoisotopic (exact) mass is 327 g/mol. The number of para-hydroxylation sites is 1. The number of nitrogens with one attached hydrogen (secondary N) is 1. The SMILES string of the molecule is O=C1Nc2ccccc2Sc2cc(-c3nsnc3O)ccc21. The zero-order valence-electron chi connectivity index (χ0n) is 11.1. The van der Waals surface area contributed by atoms with Gasteiger partial charge in [0.15, 0.2) is 0 Å². The average molecular weight is 327 g/mol. The summed E-state index contributed by atoms with van der Waals surface area (Å²) in [6, 6.07) is 13.0. The molecule has 2 heterocycles. The molecule has 0 saturated heterocycles. The smallest absolute Gasteiger partial charge is 0.256 e. The van der Waals surface area contributed by atoms with Crippen LogP contribution in [0.15, 0.2) is 52.3 Å². The second kappa shape index (κ2) is 5.11. The molecule has 0 unspecified atom stereocenters. The Morgan fingerprint density at radius 1 is 1.05 bits per heavy atom. The Kier molecular flexibility index (Phi) is 3.09. The zero-order valence-corrected chi connectivity index (χ0v) is 12.7. The van der Waals surface area contributed by atoms with Gasteiger partial charge in [-0.25, -0.2) is 0 Å². The third kappa shape index (κ3) is 2.15. The van der Waals surface area contributed by atoms with Crippen LogP contribution < -0.4 is 5.32 Å². The highest BCUT2D eigenvalue weighted by Crippen LogP contribution is 2.40. The van der Waals surface area contributed by atoms with E-state index in [4.69, 9.17) is 0 Å². The number of benzene rings is 2. The van der Waals surface area contributed by atoms with Crippen molar-refractivity contribution in [3.63, 3.8) is 0 Å². The maximum absolute atomic E-state index is 12.3. The third-order valence-electron chi connectivity index (χ3n) is 3.33. The fourth-order valence-corrected chi connectivity index (χ4v) is 3.82. The maximum atomic E-state index is 12.3. The van der Waals surface area contributed by atoms with Crippen molar-refractivity contribution in [3.8, 4) is 17.1 Å². The van der Waals surface area contributed by atoms with Crippen molar-refractivity contribution >= 4 is 35.1 Å². The van der Waals surface area contributed by atoms with E-state index in [-0.39, 0.29) is 11.8 Å². The number of fused-ring (bicyclic) bond motifs is 2. The minimum atomic E-state index is -0.139. The number of nitrogens with zero attached hydrogens (tertiary/aromatic N) is 2. The number of hydrogen-bond donors (Lipinski definition) is 2. The summed E-state index contributed by atoms with van der Waals surface area (Å²) in [6.07, 6.45) is 0. The number of rotatable bonds is 1. The van der Waals surface area contributed by atoms with Crippen LogP contribution in [0.5, 0.6) is 5.88 Å². The zero-order chi connectivity index (χ0) is 15.1. The van der Waals surface area contributed by atoms with Crippen LogP contribution in [0.3, 0.4) is 0 Å². The molecule has 1 amide bonds. The molecule has 0 radical (unpaired) electrons. The van der Waals surface area contributed by atoms with E-state index in [0.717, 1.165) is 32.8 Å². The van der Waals surface area contributed by atoms with Crippen LogP contribution >= 0.6 is 23.5 Å². The Labute approximate surface area is 134 Å². The number of hydrogen-bond acceptors (Lipinski definition) is 6. The fourth-order valence-electron chi connectivity index (χ4n) is 2.27. The molecule has 22 heavy (non-hydrogen) atoms. The van der Waals surface area contributed by atoms with Crippen LogP contribution in [0.25, 0.3) is 11.3 Å². The summed E-state index contributed by atoms with van der Waals surface area (Å²) in [6.45, 7) is 0. The second-order valence-electron chi connectivity index (χ2n) is 4.70. The average Bonchev–Trinajstić information content (AvgIpc) is 2.89. The molecule has 1 aliphatic rings. The van der Waals surface area contributed by atoms with Crippen LogP contribution in [-0.2, 0) is 0 Å². The van der Waals surface area contributed by atoms with Crippen molar-refractivity contribution < 1.29 is 9.90 Å². The van der Waals surface area contributed by atoms with Crippen molar-refractivity contribution in [2.24, 2.45) is 0 Å². The van der Waals surface area contributed by atoms with Crippen molar-refractivity contribution in [1.82, 2.24) is 8.75 Å². The molecule has 1 aromatic heterocycles. The molecule has 0 saturated carbocycles. The highest BCUT2D eigenvalue weighted by atomic mass is 32.2. The summed E-state index contributed by atoms with van der Waals surface area (Å²) < 4.78 is 7.87. The van der Waals surface area contributed by atoms with Crippen molar-refractivity contribution in [3.05, 3.63) is 48.0 Å². The Bertz CT molecular complexity index is 892. The van der Waals surface area contributed by atoms with E-state index in [9.17, 15) is 9.90 Å². The van der Waals surface area contributed by atoms with Gasteiger partial charge >= 0.3 is 0 Å². The molecular formula is C15H9N3O2S2. The lowest BCUT2D eigenvalue weighted by molar-refractivity contribution is 0.102. The Morgan fingerprint density at radius 3 is 2.73 bits per heavy atom. The van der Waals surface area contributed by atoms with Crippen LogP contribution in [0.4, 0.5) is 5.69 Å². The first-order valence-corrected chi connectivity index (χ1v) is 8.01. The number of anilines is 1. The first-order valence-electron chi connectivity index (χ1n) is 6.46. The Hall–Kier alpha value is -2.38. The largest absolute Gasteiger partial charge is 0.491 e. The molecule has 0 atom stereocenters.